The van der Waals surface area contributed by atoms with Gasteiger partial charge < -0.3 is 15.8 Å². The Morgan fingerprint density at radius 3 is 2.21 bits per heavy atom. The quantitative estimate of drug-likeness (QED) is 0.551. The molecule has 0 saturated heterocycles. The average molecular weight is 370 g/mol. The van der Waals surface area contributed by atoms with E-state index in [4.69, 9.17) is 10.5 Å². The first-order valence-corrected chi connectivity index (χ1v) is 8.72. The molecule has 138 valence electrons. The van der Waals surface area contributed by atoms with Gasteiger partial charge in [-0.2, -0.15) is 0 Å². The number of carbonyl (C=O) groups excluding carboxylic acids is 1. The molecule has 0 atom stereocenters. The van der Waals surface area contributed by atoms with Crippen LogP contribution < -0.4 is 15.8 Å². The molecule has 1 heterocycles. The number of nitrogens with zero attached hydrogens (tertiary/aromatic N) is 2. The maximum absolute atomic E-state index is 11.2. The molecule has 0 fully saturated rings. The second-order valence-corrected chi connectivity index (χ2v) is 6.24. The van der Waals surface area contributed by atoms with Gasteiger partial charge in [0.25, 0.3) is 0 Å². The number of nitrogens with one attached hydrogen (secondary N) is 1. The van der Waals surface area contributed by atoms with Gasteiger partial charge in [-0.3, -0.25) is 4.79 Å². The molecule has 0 aliphatic heterocycles. The van der Waals surface area contributed by atoms with Crippen LogP contribution in [0.5, 0.6) is 5.75 Å². The summed E-state index contributed by atoms with van der Waals surface area (Å²) in [6, 6.07) is 22.6. The number of rotatable bonds is 5. The van der Waals surface area contributed by atoms with E-state index in [1.807, 2.05) is 48.5 Å². The van der Waals surface area contributed by atoms with E-state index < -0.39 is 5.91 Å². The molecule has 0 radical (unpaired) electrons. The van der Waals surface area contributed by atoms with Crippen LogP contribution in [0.25, 0.3) is 22.0 Å². The van der Waals surface area contributed by atoms with Crippen LogP contribution in [0.15, 0.2) is 72.8 Å². The molecule has 1 amide bonds. The molecule has 28 heavy (non-hydrogen) atoms. The number of carbonyl (C=O) groups is 1. The molecule has 0 spiro atoms. The molecule has 1 aromatic heterocycles. The SMILES string of the molecule is COc1ccc(-c2nnc(Nc3ccc(C(N)=O)cc3)c3ccccc23)cc1. The molecule has 6 nitrogen and oxygen atoms in total. The van der Waals surface area contributed by atoms with E-state index in [1.54, 1.807) is 31.4 Å². The molecule has 0 bridgehead atoms. The Hall–Kier alpha value is -3.93. The fraction of sp³-hybridized carbons (Fsp3) is 0.0455. The first-order valence-electron chi connectivity index (χ1n) is 8.72. The van der Waals surface area contributed by atoms with Crippen molar-refractivity contribution in [3.63, 3.8) is 0 Å². The van der Waals surface area contributed by atoms with Crippen LogP contribution in [0.4, 0.5) is 11.5 Å². The number of fused-ring (bicyclic) bond motifs is 1. The lowest BCUT2D eigenvalue weighted by Gasteiger charge is -2.11. The van der Waals surface area contributed by atoms with Crippen molar-refractivity contribution in [1.29, 1.82) is 0 Å². The number of amides is 1. The molecular formula is C22H18N4O2. The predicted molar refractivity (Wildman–Crippen MR) is 110 cm³/mol. The summed E-state index contributed by atoms with van der Waals surface area (Å²) in [5.41, 5.74) is 8.30. The van der Waals surface area contributed by atoms with Gasteiger partial charge in [0.2, 0.25) is 5.91 Å². The second kappa shape index (κ2) is 7.36. The highest BCUT2D eigenvalue weighted by atomic mass is 16.5. The summed E-state index contributed by atoms with van der Waals surface area (Å²) in [6.07, 6.45) is 0. The van der Waals surface area contributed by atoms with Crippen molar-refractivity contribution in [3.05, 3.63) is 78.4 Å². The van der Waals surface area contributed by atoms with Crippen molar-refractivity contribution < 1.29 is 9.53 Å². The molecule has 0 aliphatic rings. The lowest BCUT2D eigenvalue weighted by Crippen LogP contribution is -2.10. The molecule has 0 aliphatic carbocycles. The Labute approximate surface area is 162 Å². The van der Waals surface area contributed by atoms with Crippen LogP contribution >= 0.6 is 0 Å². The summed E-state index contributed by atoms with van der Waals surface area (Å²) in [7, 11) is 1.64. The van der Waals surface area contributed by atoms with Gasteiger partial charge >= 0.3 is 0 Å². The highest BCUT2D eigenvalue weighted by Crippen LogP contribution is 2.31. The molecule has 4 rings (SSSR count). The summed E-state index contributed by atoms with van der Waals surface area (Å²) in [5.74, 6) is 0.971. The Morgan fingerprint density at radius 2 is 1.57 bits per heavy atom. The van der Waals surface area contributed by atoms with Crippen LogP contribution in [-0.4, -0.2) is 23.2 Å². The van der Waals surface area contributed by atoms with Gasteiger partial charge in [-0.05, 0) is 48.5 Å². The summed E-state index contributed by atoms with van der Waals surface area (Å²) in [4.78, 5) is 11.2. The van der Waals surface area contributed by atoms with Gasteiger partial charge in [-0.1, -0.05) is 24.3 Å². The maximum Gasteiger partial charge on any atom is 0.248 e. The van der Waals surface area contributed by atoms with Gasteiger partial charge in [0.15, 0.2) is 5.82 Å². The standard InChI is InChI=1S/C22H18N4O2/c1-28-17-12-8-14(9-13-17)20-18-4-2-3-5-19(18)22(26-25-20)24-16-10-6-15(7-11-16)21(23)27/h2-13H,1H3,(H2,23,27)(H,24,26). The van der Waals surface area contributed by atoms with Crippen molar-refractivity contribution in [2.24, 2.45) is 5.73 Å². The average Bonchev–Trinajstić information content (AvgIpc) is 2.74. The minimum Gasteiger partial charge on any atom is -0.497 e. The van der Waals surface area contributed by atoms with Gasteiger partial charge in [-0.15, -0.1) is 10.2 Å². The number of hydrogen-bond acceptors (Lipinski definition) is 5. The minimum atomic E-state index is -0.458. The highest BCUT2D eigenvalue weighted by Gasteiger charge is 2.11. The summed E-state index contributed by atoms with van der Waals surface area (Å²) >= 11 is 0. The van der Waals surface area contributed by atoms with Gasteiger partial charge in [-0.25, -0.2) is 0 Å². The number of aromatic nitrogens is 2. The van der Waals surface area contributed by atoms with E-state index in [2.05, 4.69) is 15.5 Å². The number of primary amides is 1. The molecule has 0 unspecified atom stereocenters. The fourth-order valence-electron chi connectivity index (χ4n) is 3.01. The summed E-state index contributed by atoms with van der Waals surface area (Å²) in [6.45, 7) is 0. The zero-order valence-corrected chi connectivity index (χ0v) is 15.2. The fourth-order valence-corrected chi connectivity index (χ4v) is 3.01. The number of methoxy groups -OCH3 is 1. The van der Waals surface area contributed by atoms with Crippen LogP contribution in [-0.2, 0) is 0 Å². The van der Waals surface area contributed by atoms with Crippen molar-refractivity contribution in [1.82, 2.24) is 10.2 Å². The zero-order chi connectivity index (χ0) is 19.5. The van der Waals surface area contributed by atoms with Crippen molar-refractivity contribution >= 4 is 28.2 Å². The monoisotopic (exact) mass is 370 g/mol. The molecule has 3 aromatic carbocycles. The van der Waals surface area contributed by atoms with Crippen molar-refractivity contribution in [2.75, 3.05) is 12.4 Å². The largest absolute Gasteiger partial charge is 0.497 e. The van der Waals surface area contributed by atoms with Crippen LogP contribution in [0, 0.1) is 0 Å². The minimum absolute atomic E-state index is 0.455. The molecule has 3 N–H and O–H groups in total. The Morgan fingerprint density at radius 1 is 0.893 bits per heavy atom. The van der Waals surface area contributed by atoms with Gasteiger partial charge in [0.1, 0.15) is 11.4 Å². The van der Waals surface area contributed by atoms with E-state index in [0.717, 1.165) is 33.5 Å². The van der Waals surface area contributed by atoms with E-state index in [1.165, 1.54) is 0 Å². The summed E-state index contributed by atoms with van der Waals surface area (Å²) < 4.78 is 5.23. The third-order valence-electron chi connectivity index (χ3n) is 4.48. The van der Waals surface area contributed by atoms with Crippen molar-refractivity contribution in [3.8, 4) is 17.0 Å². The number of nitrogens with two attached hydrogens (primary N) is 1. The van der Waals surface area contributed by atoms with E-state index in [9.17, 15) is 4.79 Å². The number of benzene rings is 3. The normalized spacial score (nSPS) is 10.6. The van der Waals surface area contributed by atoms with Crippen LogP contribution in [0.1, 0.15) is 10.4 Å². The Kier molecular flexibility index (Phi) is 4.60. The van der Waals surface area contributed by atoms with E-state index in [0.29, 0.717) is 11.4 Å². The topological polar surface area (TPSA) is 90.1 Å². The summed E-state index contributed by atoms with van der Waals surface area (Å²) in [5, 5.41) is 14.0. The van der Waals surface area contributed by atoms with Crippen LogP contribution in [0.2, 0.25) is 0 Å². The van der Waals surface area contributed by atoms with Gasteiger partial charge in [0.05, 0.1) is 7.11 Å². The highest BCUT2D eigenvalue weighted by molar-refractivity contribution is 6.01. The first-order chi connectivity index (χ1) is 13.7. The van der Waals surface area contributed by atoms with E-state index in [-0.39, 0.29) is 0 Å². The number of hydrogen-bond donors (Lipinski definition) is 2. The molecule has 0 saturated carbocycles. The number of ether oxygens (including phenoxy) is 1. The first kappa shape index (κ1) is 17.5. The van der Waals surface area contributed by atoms with E-state index >= 15 is 0 Å². The van der Waals surface area contributed by atoms with Gasteiger partial charge in [0, 0.05) is 27.6 Å². The molecule has 6 heteroatoms. The Bertz CT molecular complexity index is 1140. The van der Waals surface area contributed by atoms with Crippen molar-refractivity contribution in [2.45, 2.75) is 0 Å². The predicted octanol–water partition coefficient (Wildman–Crippen LogP) is 4.15. The second-order valence-electron chi connectivity index (χ2n) is 6.24. The number of anilines is 2. The Balaban J connectivity index is 1.73. The van der Waals surface area contributed by atoms with Crippen LogP contribution in [0.3, 0.4) is 0 Å². The molecule has 4 aromatic rings. The third kappa shape index (κ3) is 3.35. The smallest absolute Gasteiger partial charge is 0.248 e. The lowest BCUT2D eigenvalue weighted by atomic mass is 10.0. The lowest BCUT2D eigenvalue weighted by molar-refractivity contribution is 0.100. The zero-order valence-electron chi connectivity index (χ0n) is 15.2. The molecular weight excluding hydrogens is 352 g/mol. The maximum atomic E-state index is 11.2. The third-order valence-corrected chi connectivity index (χ3v) is 4.48.